The smallest absolute Gasteiger partial charge is 0.314 e. The summed E-state index contributed by atoms with van der Waals surface area (Å²) in [6.07, 6.45) is 2.54. The van der Waals surface area contributed by atoms with Crippen molar-refractivity contribution in [3.8, 4) is 0 Å². The highest BCUT2D eigenvalue weighted by molar-refractivity contribution is 5.83. The Morgan fingerprint density at radius 3 is 2.50 bits per heavy atom. The number of hydrogen-bond acceptors (Lipinski definition) is 2. The highest BCUT2D eigenvalue weighted by Crippen LogP contribution is 2.44. The first-order valence-corrected chi connectivity index (χ1v) is 5.57. The quantitative estimate of drug-likeness (QED) is 0.847. The second-order valence-corrected chi connectivity index (χ2v) is 4.69. The van der Waals surface area contributed by atoms with E-state index in [0.717, 1.165) is 30.5 Å². The lowest BCUT2D eigenvalue weighted by atomic mass is 9.64. The van der Waals surface area contributed by atoms with Gasteiger partial charge in [0.15, 0.2) is 0 Å². The molecule has 3 heteroatoms. The number of aliphatic carboxylic acids is 1. The lowest BCUT2D eigenvalue weighted by molar-refractivity contribution is -0.147. The first-order chi connectivity index (χ1) is 7.56. The van der Waals surface area contributed by atoms with Gasteiger partial charge in [0.25, 0.3) is 0 Å². The number of anilines is 1. The van der Waals surface area contributed by atoms with E-state index in [1.165, 1.54) is 0 Å². The summed E-state index contributed by atoms with van der Waals surface area (Å²) in [5.41, 5.74) is 1.38. The molecule has 1 aromatic carbocycles. The molecule has 1 saturated carbocycles. The van der Waals surface area contributed by atoms with Crippen LogP contribution in [0.3, 0.4) is 0 Å². The number of rotatable bonds is 3. The van der Waals surface area contributed by atoms with Gasteiger partial charge in [0.2, 0.25) is 0 Å². The van der Waals surface area contributed by atoms with Crippen LogP contribution in [0, 0.1) is 0 Å². The SMILES string of the molecule is CN(C)c1cccc(C2(C(=O)O)CCC2)c1. The molecule has 0 radical (unpaired) electrons. The minimum atomic E-state index is -0.686. The fourth-order valence-corrected chi connectivity index (χ4v) is 2.24. The maximum Gasteiger partial charge on any atom is 0.314 e. The van der Waals surface area contributed by atoms with Crippen molar-refractivity contribution in [1.82, 2.24) is 0 Å². The number of carboxylic acid groups (broad SMARTS) is 1. The lowest BCUT2D eigenvalue weighted by Crippen LogP contribution is -2.42. The molecular weight excluding hydrogens is 202 g/mol. The lowest BCUT2D eigenvalue weighted by Gasteiger charge is -2.38. The van der Waals surface area contributed by atoms with Gasteiger partial charge in [-0.05, 0) is 30.5 Å². The summed E-state index contributed by atoms with van der Waals surface area (Å²) in [7, 11) is 3.93. The van der Waals surface area contributed by atoms with E-state index in [4.69, 9.17) is 0 Å². The van der Waals surface area contributed by atoms with E-state index < -0.39 is 11.4 Å². The molecule has 2 rings (SSSR count). The van der Waals surface area contributed by atoms with Gasteiger partial charge in [-0.15, -0.1) is 0 Å². The zero-order valence-corrected chi connectivity index (χ0v) is 9.73. The number of nitrogens with zero attached hydrogens (tertiary/aromatic N) is 1. The van der Waals surface area contributed by atoms with Crippen LogP contribution in [-0.4, -0.2) is 25.2 Å². The van der Waals surface area contributed by atoms with Gasteiger partial charge in [-0.25, -0.2) is 0 Å². The summed E-state index contributed by atoms with van der Waals surface area (Å²) in [5, 5.41) is 9.35. The van der Waals surface area contributed by atoms with E-state index in [0.29, 0.717) is 0 Å². The van der Waals surface area contributed by atoms with Crippen LogP contribution in [0.15, 0.2) is 24.3 Å². The molecule has 0 unspecified atom stereocenters. The van der Waals surface area contributed by atoms with Crippen molar-refractivity contribution in [3.05, 3.63) is 29.8 Å². The molecule has 0 spiro atoms. The normalized spacial score (nSPS) is 17.6. The molecule has 3 nitrogen and oxygen atoms in total. The molecule has 0 amide bonds. The summed E-state index contributed by atoms with van der Waals surface area (Å²) in [5.74, 6) is -0.686. The third-order valence-corrected chi connectivity index (χ3v) is 3.53. The fraction of sp³-hybridized carbons (Fsp3) is 0.462. The average molecular weight is 219 g/mol. The average Bonchev–Trinajstić information content (AvgIpc) is 2.15. The third-order valence-electron chi connectivity index (χ3n) is 3.53. The second-order valence-electron chi connectivity index (χ2n) is 4.69. The van der Waals surface area contributed by atoms with Gasteiger partial charge in [-0.3, -0.25) is 4.79 Å². The fourth-order valence-electron chi connectivity index (χ4n) is 2.24. The Hall–Kier alpha value is -1.51. The van der Waals surface area contributed by atoms with Gasteiger partial charge in [-0.1, -0.05) is 18.6 Å². The summed E-state index contributed by atoms with van der Waals surface area (Å²) < 4.78 is 0. The first-order valence-electron chi connectivity index (χ1n) is 5.57. The molecule has 1 aromatic rings. The molecule has 86 valence electrons. The van der Waals surface area contributed by atoms with Crippen molar-refractivity contribution in [1.29, 1.82) is 0 Å². The summed E-state index contributed by atoms with van der Waals surface area (Å²) >= 11 is 0. The topological polar surface area (TPSA) is 40.5 Å². The Bertz CT molecular complexity index is 408. The molecule has 16 heavy (non-hydrogen) atoms. The van der Waals surface area contributed by atoms with Crippen LogP contribution in [0.5, 0.6) is 0 Å². The van der Waals surface area contributed by atoms with Crippen molar-refractivity contribution in [2.45, 2.75) is 24.7 Å². The molecule has 0 aliphatic heterocycles. The molecule has 1 aliphatic rings. The van der Waals surface area contributed by atoms with Gasteiger partial charge >= 0.3 is 5.97 Å². The van der Waals surface area contributed by atoms with Gasteiger partial charge in [0.05, 0.1) is 5.41 Å². The molecule has 0 bridgehead atoms. The second kappa shape index (κ2) is 3.81. The Kier molecular flexibility index (Phi) is 2.62. The van der Waals surface area contributed by atoms with Crippen LogP contribution in [-0.2, 0) is 10.2 Å². The predicted octanol–water partition coefficient (Wildman–Crippen LogP) is 2.26. The molecule has 0 saturated heterocycles. The maximum absolute atomic E-state index is 11.4. The zero-order chi connectivity index (χ0) is 11.8. The molecule has 1 N–H and O–H groups in total. The van der Waals surface area contributed by atoms with Crippen LogP contribution < -0.4 is 4.90 Å². The summed E-state index contributed by atoms with van der Waals surface area (Å²) in [4.78, 5) is 13.4. The molecule has 1 fully saturated rings. The zero-order valence-electron chi connectivity index (χ0n) is 9.73. The molecule has 1 aliphatic carbocycles. The molecule has 0 aromatic heterocycles. The predicted molar refractivity (Wildman–Crippen MR) is 63.9 cm³/mol. The van der Waals surface area contributed by atoms with Crippen molar-refractivity contribution in [2.24, 2.45) is 0 Å². The van der Waals surface area contributed by atoms with E-state index >= 15 is 0 Å². The Morgan fingerprint density at radius 1 is 1.38 bits per heavy atom. The minimum Gasteiger partial charge on any atom is -0.481 e. The minimum absolute atomic E-state index is 0.619. The van der Waals surface area contributed by atoms with Gasteiger partial charge < -0.3 is 10.0 Å². The number of carboxylic acids is 1. The largest absolute Gasteiger partial charge is 0.481 e. The highest BCUT2D eigenvalue weighted by Gasteiger charge is 2.45. The summed E-state index contributed by atoms with van der Waals surface area (Å²) in [6.45, 7) is 0. The van der Waals surface area contributed by atoms with Crippen LogP contribution in [0.4, 0.5) is 5.69 Å². The van der Waals surface area contributed by atoms with Crippen LogP contribution >= 0.6 is 0 Å². The number of benzene rings is 1. The molecule has 0 atom stereocenters. The van der Waals surface area contributed by atoms with Crippen LogP contribution in [0.2, 0.25) is 0 Å². The third kappa shape index (κ3) is 1.56. The van der Waals surface area contributed by atoms with Gasteiger partial charge in [0, 0.05) is 19.8 Å². The highest BCUT2D eigenvalue weighted by atomic mass is 16.4. The van der Waals surface area contributed by atoms with E-state index in [9.17, 15) is 9.90 Å². The van der Waals surface area contributed by atoms with E-state index in [1.54, 1.807) is 0 Å². The van der Waals surface area contributed by atoms with E-state index in [-0.39, 0.29) is 0 Å². The molecule has 0 heterocycles. The van der Waals surface area contributed by atoms with Crippen LogP contribution in [0.25, 0.3) is 0 Å². The Balaban J connectivity index is 2.39. The Labute approximate surface area is 95.7 Å². The van der Waals surface area contributed by atoms with Crippen molar-refractivity contribution < 1.29 is 9.90 Å². The monoisotopic (exact) mass is 219 g/mol. The van der Waals surface area contributed by atoms with Crippen molar-refractivity contribution in [2.75, 3.05) is 19.0 Å². The van der Waals surface area contributed by atoms with E-state index in [2.05, 4.69) is 0 Å². The first kappa shape index (κ1) is 11.0. The van der Waals surface area contributed by atoms with Crippen molar-refractivity contribution in [3.63, 3.8) is 0 Å². The van der Waals surface area contributed by atoms with Gasteiger partial charge in [0.1, 0.15) is 0 Å². The van der Waals surface area contributed by atoms with Crippen LogP contribution in [0.1, 0.15) is 24.8 Å². The number of carbonyl (C=O) groups is 1. The number of hydrogen-bond donors (Lipinski definition) is 1. The van der Waals surface area contributed by atoms with Crippen molar-refractivity contribution >= 4 is 11.7 Å². The molecular formula is C13H17NO2. The summed E-state index contributed by atoms with van der Waals surface area (Å²) in [6, 6.07) is 7.86. The maximum atomic E-state index is 11.4. The standard InChI is InChI=1S/C13H17NO2/c1-14(2)11-6-3-5-10(9-11)13(12(15)16)7-4-8-13/h3,5-6,9H,4,7-8H2,1-2H3,(H,15,16). The van der Waals surface area contributed by atoms with Gasteiger partial charge in [-0.2, -0.15) is 0 Å². The van der Waals surface area contributed by atoms with E-state index in [1.807, 2.05) is 43.3 Å². The Morgan fingerprint density at radius 2 is 2.06 bits per heavy atom.